The molecule has 204 valence electrons. The molecule has 0 spiro atoms. The predicted octanol–water partition coefficient (Wildman–Crippen LogP) is 1.75. The number of benzene rings is 1. The van der Waals surface area contributed by atoms with E-state index in [0.717, 1.165) is 31.6 Å². The molecule has 1 aromatic heterocycles. The molecule has 0 radical (unpaired) electrons. The zero-order chi connectivity index (χ0) is 28.0. The second-order valence-electron chi connectivity index (χ2n) is 8.16. The van der Waals surface area contributed by atoms with Crippen molar-refractivity contribution in [3.05, 3.63) is 52.6 Å². The standard InChI is InChI=1S/C23H25N3O12/c1-12-18(35-13(2)27)20(36-14(3)28)22(38-19(12)21(29)33-4)37-17-6-5-15(9-16(17)26(31)32)10-34-23(30)25-8-7-24-11-25/h5-9,11-12,18-20,22H,10H2,1-4H3/t12-,18-,19-,20+,22+/m0/s1. The first-order chi connectivity index (χ1) is 18.0. The van der Waals surface area contributed by atoms with Crippen molar-refractivity contribution in [1.82, 2.24) is 9.55 Å². The van der Waals surface area contributed by atoms with Gasteiger partial charge in [-0.3, -0.25) is 19.7 Å². The topological polar surface area (TPSA) is 185 Å². The molecule has 2 aromatic rings. The van der Waals surface area contributed by atoms with E-state index >= 15 is 0 Å². The summed E-state index contributed by atoms with van der Waals surface area (Å²) in [6, 6.07) is 3.74. The molecule has 0 bridgehead atoms. The van der Waals surface area contributed by atoms with Crippen molar-refractivity contribution in [2.75, 3.05) is 7.11 Å². The van der Waals surface area contributed by atoms with Crippen molar-refractivity contribution in [1.29, 1.82) is 0 Å². The summed E-state index contributed by atoms with van der Waals surface area (Å²) in [6.07, 6.45) is -2.28. The van der Waals surface area contributed by atoms with Crippen LogP contribution in [0.15, 0.2) is 36.9 Å². The number of aromatic nitrogens is 2. The van der Waals surface area contributed by atoms with E-state index in [-0.39, 0.29) is 17.9 Å². The minimum atomic E-state index is -1.60. The third kappa shape index (κ3) is 6.61. The summed E-state index contributed by atoms with van der Waals surface area (Å²) in [5.41, 5.74) is -0.277. The number of nitrogens with zero attached hydrogens (tertiary/aromatic N) is 3. The lowest BCUT2D eigenvalue weighted by molar-refractivity contribution is -0.387. The van der Waals surface area contributed by atoms with Gasteiger partial charge in [0.1, 0.15) is 12.9 Å². The number of hydrogen-bond acceptors (Lipinski definition) is 13. The first-order valence-electron chi connectivity index (χ1n) is 11.2. The monoisotopic (exact) mass is 535 g/mol. The van der Waals surface area contributed by atoms with Gasteiger partial charge in [-0.1, -0.05) is 13.0 Å². The Morgan fingerprint density at radius 1 is 1.13 bits per heavy atom. The van der Waals surface area contributed by atoms with Gasteiger partial charge >= 0.3 is 29.7 Å². The second-order valence-corrected chi connectivity index (χ2v) is 8.16. The lowest BCUT2D eigenvalue weighted by Gasteiger charge is -2.42. The average molecular weight is 535 g/mol. The maximum atomic E-state index is 12.4. The lowest BCUT2D eigenvalue weighted by Crippen LogP contribution is -2.60. The molecule has 1 aliphatic rings. The molecule has 1 fully saturated rings. The zero-order valence-electron chi connectivity index (χ0n) is 20.8. The van der Waals surface area contributed by atoms with Crippen molar-refractivity contribution in [2.45, 2.75) is 52.0 Å². The lowest BCUT2D eigenvalue weighted by atomic mass is 9.90. The Hall–Kier alpha value is -4.53. The maximum Gasteiger partial charge on any atom is 0.419 e. The molecule has 38 heavy (non-hydrogen) atoms. The number of imidazole rings is 1. The summed E-state index contributed by atoms with van der Waals surface area (Å²) < 4.78 is 33.0. The van der Waals surface area contributed by atoms with Gasteiger partial charge in [-0.05, 0) is 11.6 Å². The summed E-state index contributed by atoms with van der Waals surface area (Å²) in [5, 5.41) is 11.8. The highest BCUT2D eigenvalue weighted by molar-refractivity contribution is 5.75. The van der Waals surface area contributed by atoms with Crippen LogP contribution in [0, 0.1) is 16.0 Å². The number of carbonyl (C=O) groups excluding carboxylic acids is 4. The van der Waals surface area contributed by atoms with Crippen LogP contribution in [0.1, 0.15) is 26.3 Å². The molecule has 5 atom stereocenters. The van der Waals surface area contributed by atoms with Crippen LogP contribution in [0.2, 0.25) is 0 Å². The highest BCUT2D eigenvalue weighted by atomic mass is 16.7. The number of ether oxygens (including phenoxy) is 6. The fraction of sp³-hybridized carbons (Fsp3) is 0.435. The van der Waals surface area contributed by atoms with Crippen molar-refractivity contribution in [3.8, 4) is 5.75 Å². The van der Waals surface area contributed by atoms with Gasteiger partial charge in [-0.15, -0.1) is 0 Å². The molecule has 0 N–H and O–H groups in total. The average Bonchev–Trinajstić information content (AvgIpc) is 3.41. The zero-order valence-corrected chi connectivity index (χ0v) is 20.8. The van der Waals surface area contributed by atoms with Crippen molar-refractivity contribution < 1.29 is 52.5 Å². The van der Waals surface area contributed by atoms with E-state index in [0.29, 0.717) is 0 Å². The maximum absolute atomic E-state index is 12.4. The van der Waals surface area contributed by atoms with Crippen LogP contribution in [-0.2, 0) is 44.7 Å². The van der Waals surface area contributed by atoms with Gasteiger partial charge in [-0.25, -0.2) is 19.1 Å². The molecule has 0 amide bonds. The smallest absolute Gasteiger partial charge is 0.419 e. The summed E-state index contributed by atoms with van der Waals surface area (Å²) in [7, 11) is 1.12. The number of methoxy groups -OCH3 is 1. The van der Waals surface area contributed by atoms with Crippen molar-refractivity contribution >= 4 is 29.7 Å². The van der Waals surface area contributed by atoms with Gasteiger partial charge in [0.15, 0.2) is 18.0 Å². The Labute approximate surface area is 215 Å². The number of rotatable bonds is 8. The largest absolute Gasteiger partial charge is 0.467 e. The van der Waals surface area contributed by atoms with Crippen LogP contribution < -0.4 is 4.74 Å². The number of hydrogen-bond donors (Lipinski definition) is 0. The fourth-order valence-corrected chi connectivity index (χ4v) is 3.74. The summed E-state index contributed by atoms with van der Waals surface area (Å²) in [5.74, 6) is -3.49. The van der Waals surface area contributed by atoms with E-state index in [9.17, 15) is 29.3 Å². The molecule has 3 rings (SSSR count). The second kappa shape index (κ2) is 12.1. The Morgan fingerprint density at radius 2 is 1.82 bits per heavy atom. The first kappa shape index (κ1) is 28.0. The van der Waals surface area contributed by atoms with E-state index in [1.165, 1.54) is 37.8 Å². The van der Waals surface area contributed by atoms with E-state index in [4.69, 9.17) is 28.4 Å². The van der Waals surface area contributed by atoms with E-state index in [1.54, 1.807) is 0 Å². The molecule has 0 saturated carbocycles. The van der Waals surface area contributed by atoms with E-state index in [2.05, 4.69) is 4.98 Å². The van der Waals surface area contributed by atoms with Crippen LogP contribution in [0.3, 0.4) is 0 Å². The summed E-state index contributed by atoms with van der Waals surface area (Å²) >= 11 is 0. The molecule has 0 aliphatic carbocycles. The molecule has 1 aliphatic heterocycles. The van der Waals surface area contributed by atoms with Crippen molar-refractivity contribution in [2.24, 2.45) is 5.92 Å². The molecule has 2 heterocycles. The third-order valence-corrected chi connectivity index (χ3v) is 5.45. The van der Waals surface area contributed by atoms with Gasteiger partial charge in [-0.2, -0.15) is 0 Å². The summed E-state index contributed by atoms with van der Waals surface area (Å²) in [4.78, 5) is 62.8. The van der Waals surface area contributed by atoms with Gasteiger partial charge in [0, 0.05) is 38.2 Å². The predicted molar refractivity (Wildman–Crippen MR) is 122 cm³/mol. The Balaban J connectivity index is 1.90. The molecular formula is C23H25N3O12. The van der Waals surface area contributed by atoms with Gasteiger partial charge in [0.2, 0.25) is 12.4 Å². The number of nitro benzene ring substituents is 1. The van der Waals surface area contributed by atoms with Gasteiger partial charge in [0.05, 0.1) is 12.0 Å². The Bertz CT molecular complexity index is 1200. The quantitative estimate of drug-likeness (QED) is 0.206. The summed E-state index contributed by atoms with van der Waals surface area (Å²) in [6.45, 7) is 3.44. The van der Waals surface area contributed by atoms with E-state index in [1.807, 2.05) is 0 Å². The Morgan fingerprint density at radius 3 is 2.39 bits per heavy atom. The molecule has 1 aromatic carbocycles. The molecule has 0 unspecified atom stereocenters. The van der Waals surface area contributed by atoms with Crippen LogP contribution in [0.25, 0.3) is 0 Å². The van der Waals surface area contributed by atoms with Gasteiger partial charge < -0.3 is 28.4 Å². The minimum Gasteiger partial charge on any atom is -0.467 e. The minimum absolute atomic E-state index is 0.262. The van der Waals surface area contributed by atoms with Crippen LogP contribution in [0.5, 0.6) is 5.75 Å². The van der Waals surface area contributed by atoms with Crippen LogP contribution >= 0.6 is 0 Å². The number of carbonyl (C=O) groups is 4. The number of esters is 3. The highest BCUT2D eigenvalue weighted by Crippen LogP contribution is 2.36. The van der Waals surface area contributed by atoms with Crippen molar-refractivity contribution in [3.63, 3.8) is 0 Å². The van der Waals surface area contributed by atoms with E-state index < -0.39 is 65.1 Å². The first-order valence-corrected chi connectivity index (χ1v) is 11.2. The molecular weight excluding hydrogens is 510 g/mol. The third-order valence-electron chi connectivity index (χ3n) is 5.45. The normalized spacial score (nSPS) is 22.6. The van der Waals surface area contributed by atoms with Gasteiger partial charge in [0.25, 0.3) is 0 Å². The SMILES string of the molecule is COC(=O)[C@H]1O[C@@H](Oc2ccc(COC(=O)n3ccnc3)cc2[N+](=O)[O-])[C@H](OC(C)=O)[C@@H](OC(C)=O)[C@@H]1C. The highest BCUT2D eigenvalue weighted by Gasteiger charge is 2.52. The fourth-order valence-electron chi connectivity index (χ4n) is 3.74. The van der Waals surface area contributed by atoms with Crippen LogP contribution in [-0.4, -0.2) is 70.2 Å². The number of nitro groups is 1. The van der Waals surface area contributed by atoms with Crippen LogP contribution in [0.4, 0.5) is 10.5 Å². The molecule has 15 nitrogen and oxygen atoms in total. The molecule has 15 heteroatoms. The molecule has 1 saturated heterocycles. The Kier molecular flexibility index (Phi) is 8.96.